The molecule has 0 bridgehead atoms. The van der Waals surface area contributed by atoms with Crippen LogP contribution in [0.2, 0.25) is 0 Å². The van der Waals surface area contributed by atoms with Gasteiger partial charge in [-0.25, -0.2) is 4.79 Å². The van der Waals surface area contributed by atoms with Crippen LogP contribution in [0.15, 0.2) is 61.1 Å². The number of amides is 1. The van der Waals surface area contributed by atoms with Crippen LogP contribution in [0.1, 0.15) is 23.2 Å². The number of carbonyl (C=O) groups excluding carboxylic acids is 1. The lowest BCUT2D eigenvalue weighted by molar-refractivity contribution is -0.192. The summed E-state index contributed by atoms with van der Waals surface area (Å²) in [6.07, 6.45) is 2.46. The average Bonchev–Trinajstić information content (AvgIpc) is 3.10. The molecule has 2 aromatic heterocycles. The Kier molecular flexibility index (Phi) is 7.91. The van der Waals surface area contributed by atoms with Gasteiger partial charge >= 0.3 is 12.1 Å². The van der Waals surface area contributed by atoms with Gasteiger partial charge in [-0.1, -0.05) is 6.07 Å². The molecule has 4 heterocycles. The molecule has 3 aromatic rings. The first-order valence-corrected chi connectivity index (χ1v) is 11.8. The van der Waals surface area contributed by atoms with Gasteiger partial charge in [0.25, 0.3) is 5.91 Å². The molecule has 1 aromatic carbocycles. The molecule has 1 unspecified atom stereocenters. The first kappa shape index (κ1) is 26.3. The summed E-state index contributed by atoms with van der Waals surface area (Å²) >= 11 is 0. The molecule has 1 N–H and O–H groups in total. The Morgan fingerprint density at radius 1 is 1.05 bits per heavy atom. The van der Waals surface area contributed by atoms with Crippen LogP contribution in [-0.4, -0.2) is 77.4 Å². The number of ether oxygens (including phenoxy) is 1. The minimum Gasteiger partial charge on any atom is -0.475 e. The maximum absolute atomic E-state index is 13.3. The lowest BCUT2D eigenvalue weighted by Crippen LogP contribution is -2.52. The summed E-state index contributed by atoms with van der Waals surface area (Å²) in [5.74, 6) is -2.66. The van der Waals surface area contributed by atoms with Crippen LogP contribution in [0.4, 0.5) is 18.9 Å². The van der Waals surface area contributed by atoms with Crippen molar-refractivity contribution < 1.29 is 32.6 Å². The van der Waals surface area contributed by atoms with Crippen LogP contribution in [-0.2, 0) is 9.53 Å². The van der Waals surface area contributed by atoms with Crippen molar-refractivity contribution in [1.82, 2.24) is 14.9 Å². The van der Waals surface area contributed by atoms with Gasteiger partial charge in [-0.05, 0) is 49.2 Å². The average molecular weight is 517 g/mol. The van der Waals surface area contributed by atoms with Crippen LogP contribution in [0, 0.1) is 5.41 Å². The summed E-state index contributed by atoms with van der Waals surface area (Å²) in [5, 5.41) is 8.12. The molecule has 37 heavy (non-hydrogen) atoms. The van der Waals surface area contributed by atoms with E-state index in [4.69, 9.17) is 14.6 Å². The summed E-state index contributed by atoms with van der Waals surface area (Å²) in [6, 6.07) is 13.8. The van der Waals surface area contributed by atoms with Crippen molar-refractivity contribution in [2.24, 2.45) is 5.41 Å². The number of likely N-dealkylation sites (tertiary alicyclic amines) is 1. The van der Waals surface area contributed by atoms with E-state index in [1.54, 1.807) is 12.4 Å². The van der Waals surface area contributed by atoms with Crippen LogP contribution in [0.5, 0.6) is 0 Å². The van der Waals surface area contributed by atoms with Gasteiger partial charge in [-0.15, -0.1) is 0 Å². The second kappa shape index (κ2) is 11.1. The summed E-state index contributed by atoms with van der Waals surface area (Å²) in [5.41, 5.74) is 2.70. The monoisotopic (exact) mass is 516 g/mol. The van der Waals surface area contributed by atoms with Crippen molar-refractivity contribution in [3.8, 4) is 0 Å². The van der Waals surface area contributed by atoms with E-state index in [1.165, 1.54) is 0 Å². The molecule has 1 spiro atoms. The second-order valence-corrected chi connectivity index (χ2v) is 9.23. The van der Waals surface area contributed by atoms with Crippen LogP contribution >= 0.6 is 0 Å². The van der Waals surface area contributed by atoms with E-state index >= 15 is 0 Å². The highest BCUT2D eigenvalue weighted by molar-refractivity contribution is 5.98. The number of nitrogens with zero attached hydrogens (tertiary/aromatic N) is 4. The fourth-order valence-electron chi connectivity index (χ4n) is 4.77. The third-order valence-electron chi connectivity index (χ3n) is 6.49. The van der Waals surface area contributed by atoms with E-state index in [1.807, 2.05) is 47.5 Å². The maximum Gasteiger partial charge on any atom is 0.490 e. The number of pyridine rings is 2. The quantitative estimate of drug-likeness (QED) is 0.550. The standard InChI is InChI=1S/C24H26N4O2.C2HF3O2/c29-23(20-6-7-22-19(14-20)4-1-10-26-22)28-11-3-8-24(17-28)16-27(12-13-30-18-24)21-5-2-9-25-15-21;3-2(4,5)1(6)7/h1-2,4-7,9-10,14-15H,3,8,11-13,16-18H2;(H,6,7). The molecule has 11 heteroatoms. The van der Waals surface area contributed by atoms with E-state index in [0.29, 0.717) is 19.8 Å². The normalized spacial score (nSPS) is 20.2. The van der Waals surface area contributed by atoms with Crippen LogP contribution < -0.4 is 4.90 Å². The highest BCUT2D eigenvalue weighted by Crippen LogP contribution is 2.35. The molecule has 1 amide bonds. The number of aromatic nitrogens is 2. The van der Waals surface area contributed by atoms with Crippen molar-refractivity contribution in [2.75, 3.05) is 44.3 Å². The van der Waals surface area contributed by atoms with Crippen LogP contribution in [0.25, 0.3) is 10.9 Å². The fourth-order valence-corrected chi connectivity index (χ4v) is 4.77. The molecule has 2 fully saturated rings. The van der Waals surface area contributed by atoms with Crippen molar-refractivity contribution in [3.05, 3.63) is 66.6 Å². The van der Waals surface area contributed by atoms with E-state index in [-0.39, 0.29) is 11.3 Å². The van der Waals surface area contributed by atoms with Gasteiger partial charge in [0.15, 0.2) is 0 Å². The predicted octanol–water partition coefficient (Wildman–Crippen LogP) is 4.02. The number of alkyl halides is 3. The molecule has 5 rings (SSSR count). The lowest BCUT2D eigenvalue weighted by Gasteiger charge is -2.44. The first-order chi connectivity index (χ1) is 17.7. The molecule has 2 aliphatic heterocycles. The summed E-state index contributed by atoms with van der Waals surface area (Å²) in [4.78, 5) is 35.2. The topological polar surface area (TPSA) is 95.9 Å². The fraction of sp³-hybridized carbons (Fsp3) is 0.385. The first-order valence-electron chi connectivity index (χ1n) is 11.8. The highest BCUT2D eigenvalue weighted by Gasteiger charge is 2.41. The van der Waals surface area contributed by atoms with Gasteiger partial charge in [0, 0.05) is 54.9 Å². The second-order valence-electron chi connectivity index (χ2n) is 9.23. The van der Waals surface area contributed by atoms with Gasteiger partial charge in [-0.2, -0.15) is 13.2 Å². The predicted molar refractivity (Wildman–Crippen MR) is 130 cm³/mol. The largest absolute Gasteiger partial charge is 0.490 e. The third-order valence-corrected chi connectivity index (χ3v) is 6.49. The van der Waals surface area contributed by atoms with E-state index < -0.39 is 12.1 Å². The Bertz CT molecular complexity index is 1240. The van der Waals surface area contributed by atoms with E-state index in [9.17, 15) is 18.0 Å². The van der Waals surface area contributed by atoms with Crippen molar-refractivity contribution in [3.63, 3.8) is 0 Å². The number of benzene rings is 1. The Morgan fingerprint density at radius 2 is 1.84 bits per heavy atom. The number of hydrogen-bond donors (Lipinski definition) is 1. The lowest BCUT2D eigenvalue weighted by atomic mass is 9.79. The number of anilines is 1. The Balaban J connectivity index is 0.000000405. The minimum atomic E-state index is -5.08. The molecular formula is C26H27F3N4O4. The molecule has 1 atom stereocenters. The number of halogens is 3. The van der Waals surface area contributed by atoms with Gasteiger partial charge in [0.1, 0.15) is 0 Å². The molecule has 8 nitrogen and oxygen atoms in total. The number of aliphatic carboxylic acids is 1. The number of carbonyl (C=O) groups is 2. The number of fused-ring (bicyclic) bond motifs is 1. The Hall–Kier alpha value is -3.73. The molecule has 2 saturated heterocycles. The van der Waals surface area contributed by atoms with Crippen LogP contribution in [0.3, 0.4) is 0 Å². The molecule has 0 radical (unpaired) electrons. The zero-order valence-electron chi connectivity index (χ0n) is 20.0. The molecule has 0 aliphatic carbocycles. The van der Waals surface area contributed by atoms with Crippen molar-refractivity contribution in [1.29, 1.82) is 0 Å². The smallest absolute Gasteiger partial charge is 0.475 e. The number of carboxylic acids is 1. The molecule has 0 saturated carbocycles. The zero-order chi connectivity index (χ0) is 26.5. The van der Waals surface area contributed by atoms with E-state index in [2.05, 4.69) is 20.9 Å². The molecule has 196 valence electrons. The summed E-state index contributed by atoms with van der Waals surface area (Å²) in [7, 11) is 0. The number of hydrogen-bond acceptors (Lipinski definition) is 6. The highest BCUT2D eigenvalue weighted by atomic mass is 19.4. The van der Waals surface area contributed by atoms with Crippen molar-refractivity contribution in [2.45, 2.75) is 19.0 Å². The number of rotatable bonds is 2. The van der Waals surface area contributed by atoms with Gasteiger partial charge < -0.3 is 19.6 Å². The maximum atomic E-state index is 13.3. The number of piperidine rings is 1. The Morgan fingerprint density at radius 3 is 2.57 bits per heavy atom. The van der Waals surface area contributed by atoms with Crippen molar-refractivity contribution >= 4 is 28.5 Å². The van der Waals surface area contributed by atoms with Gasteiger partial charge in [0.2, 0.25) is 0 Å². The van der Waals surface area contributed by atoms with E-state index in [0.717, 1.165) is 54.6 Å². The zero-order valence-corrected chi connectivity index (χ0v) is 20.0. The van der Waals surface area contributed by atoms with Gasteiger partial charge in [0.05, 0.1) is 30.6 Å². The summed E-state index contributed by atoms with van der Waals surface area (Å²) in [6.45, 7) is 4.62. The Labute approximate surface area is 211 Å². The number of carboxylic acid groups (broad SMARTS) is 1. The molecular weight excluding hydrogens is 489 g/mol. The summed E-state index contributed by atoms with van der Waals surface area (Å²) < 4.78 is 37.8. The molecule has 2 aliphatic rings. The minimum absolute atomic E-state index is 0.0569. The SMILES string of the molecule is O=C(O)C(F)(F)F.O=C(c1ccc2ncccc2c1)N1CCCC2(COCCN(c3cccnc3)C2)C1. The third kappa shape index (κ3) is 6.53. The van der Waals surface area contributed by atoms with Gasteiger partial charge in [-0.3, -0.25) is 14.8 Å².